The lowest BCUT2D eigenvalue weighted by Gasteiger charge is -2.19. The molecule has 2 aromatic rings. The molecule has 0 spiro atoms. The van der Waals surface area contributed by atoms with Crippen LogP contribution in [0.4, 0.5) is 8.78 Å². The molecule has 0 bridgehead atoms. The highest BCUT2D eigenvalue weighted by atomic mass is 32.1. The number of aryl methyl sites for hydroxylation is 1. The molecule has 5 heteroatoms. The van der Waals surface area contributed by atoms with E-state index in [9.17, 15) is 8.78 Å². The van der Waals surface area contributed by atoms with Gasteiger partial charge in [-0.05, 0) is 44.0 Å². The lowest BCUT2D eigenvalue weighted by molar-refractivity contribution is 0.489. The van der Waals surface area contributed by atoms with Gasteiger partial charge < -0.3 is 5.32 Å². The number of rotatable bonds is 3. The number of nitrogens with one attached hydrogen (secondary N) is 1. The van der Waals surface area contributed by atoms with Gasteiger partial charge in [0.15, 0.2) is 0 Å². The fraction of sp³-hybridized carbons (Fsp3) is 0.400. The van der Waals surface area contributed by atoms with Crippen molar-refractivity contribution in [3.8, 4) is 0 Å². The Labute approximate surface area is 120 Å². The first-order valence-corrected chi connectivity index (χ1v) is 7.58. The molecule has 1 heterocycles. The summed E-state index contributed by atoms with van der Waals surface area (Å²) in [6, 6.07) is 3.96. The van der Waals surface area contributed by atoms with Crippen LogP contribution in [-0.2, 0) is 12.8 Å². The molecule has 0 saturated heterocycles. The SMILES string of the molecule is CNC1CCCc2sc(Cc3cc(F)cc(F)c3)nc21. The Bertz CT molecular complexity index is 604. The highest BCUT2D eigenvalue weighted by Crippen LogP contribution is 2.33. The summed E-state index contributed by atoms with van der Waals surface area (Å²) in [5, 5.41) is 4.21. The number of hydrogen-bond acceptors (Lipinski definition) is 3. The van der Waals surface area contributed by atoms with Crippen LogP contribution >= 0.6 is 11.3 Å². The van der Waals surface area contributed by atoms with E-state index in [4.69, 9.17) is 0 Å². The van der Waals surface area contributed by atoms with E-state index in [0.717, 1.165) is 36.0 Å². The van der Waals surface area contributed by atoms with Gasteiger partial charge in [-0.15, -0.1) is 11.3 Å². The lowest BCUT2D eigenvalue weighted by Crippen LogP contribution is -2.21. The molecular weight excluding hydrogens is 278 g/mol. The molecule has 1 aliphatic rings. The highest BCUT2D eigenvalue weighted by molar-refractivity contribution is 7.11. The van der Waals surface area contributed by atoms with Gasteiger partial charge in [0.1, 0.15) is 11.6 Å². The second-order valence-corrected chi connectivity index (χ2v) is 6.27. The zero-order chi connectivity index (χ0) is 14.1. The molecule has 1 unspecified atom stereocenters. The summed E-state index contributed by atoms with van der Waals surface area (Å²) in [4.78, 5) is 5.98. The first-order valence-electron chi connectivity index (χ1n) is 6.76. The van der Waals surface area contributed by atoms with Gasteiger partial charge in [-0.2, -0.15) is 0 Å². The van der Waals surface area contributed by atoms with Crippen molar-refractivity contribution >= 4 is 11.3 Å². The third-order valence-electron chi connectivity index (χ3n) is 3.62. The minimum Gasteiger partial charge on any atom is -0.312 e. The standard InChI is InChI=1S/C15H16F2N2S/c1-18-12-3-2-4-13-15(12)19-14(20-13)7-9-5-10(16)8-11(17)6-9/h5-6,8,12,18H,2-4,7H2,1H3. The topological polar surface area (TPSA) is 24.9 Å². The van der Waals surface area contributed by atoms with Crippen molar-refractivity contribution in [1.29, 1.82) is 0 Å². The van der Waals surface area contributed by atoms with Crippen LogP contribution in [-0.4, -0.2) is 12.0 Å². The van der Waals surface area contributed by atoms with Gasteiger partial charge >= 0.3 is 0 Å². The van der Waals surface area contributed by atoms with Crippen LogP contribution in [0, 0.1) is 11.6 Å². The van der Waals surface area contributed by atoms with E-state index in [1.165, 1.54) is 17.0 Å². The molecule has 2 nitrogen and oxygen atoms in total. The summed E-state index contributed by atoms with van der Waals surface area (Å²) in [5.41, 5.74) is 1.75. The second kappa shape index (κ2) is 5.58. The quantitative estimate of drug-likeness (QED) is 0.935. The maximum atomic E-state index is 13.2. The Kier molecular flexibility index (Phi) is 3.81. The van der Waals surface area contributed by atoms with Crippen LogP contribution < -0.4 is 5.32 Å². The van der Waals surface area contributed by atoms with Crippen molar-refractivity contribution in [3.05, 3.63) is 51.0 Å². The largest absolute Gasteiger partial charge is 0.312 e. The van der Waals surface area contributed by atoms with E-state index < -0.39 is 11.6 Å². The fourth-order valence-corrected chi connectivity index (χ4v) is 3.92. The zero-order valence-corrected chi connectivity index (χ0v) is 12.1. The predicted molar refractivity (Wildman–Crippen MR) is 76.0 cm³/mol. The van der Waals surface area contributed by atoms with Crippen molar-refractivity contribution in [2.24, 2.45) is 0 Å². The minimum atomic E-state index is -0.533. The van der Waals surface area contributed by atoms with Gasteiger partial charge in [-0.25, -0.2) is 13.8 Å². The van der Waals surface area contributed by atoms with Crippen molar-refractivity contribution < 1.29 is 8.78 Å². The highest BCUT2D eigenvalue weighted by Gasteiger charge is 2.23. The van der Waals surface area contributed by atoms with Crippen molar-refractivity contribution in [3.63, 3.8) is 0 Å². The number of fused-ring (bicyclic) bond motifs is 1. The monoisotopic (exact) mass is 294 g/mol. The van der Waals surface area contributed by atoms with E-state index in [1.54, 1.807) is 11.3 Å². The number of hydrogen-bond donors (Lipinski definition) is 1. The van der Waals surface area contributed by atoms with E-state index in [-0.39, 0.29) is 0 Å². The van der Waals surface area contributed by atoms with Gasteiger partial charge in [0.2, 0.25) is 0 Å². The Balaban J connectivity index is 1.86. The van der Waals surface area contributed by atoms with Crippen molar-refractivity contribution in [2.75, 3.05) is 7.05 Å². The number of aromatic nitrogens is 1. The van der Waals surface area contributed by atoms with Gasteiger partial charge in [-0.3, -0.25) is 0 Å². The molecule has 1 atom stereocenters. The maximum Gasteiger partial charge on any atom is 0.126 e. The Hall–Kier alpha value is -1.33. The maximum absolute atomic E-state index is 13.2. The molecule has 20 heavy (non-hydrogen) atoms. The Morgan fingerprint density at radius 3 is 2.75 bits per heavy atom. The first-order chi connectivity index (χ1) is 9.65. The number of thiazole rings is 1. The molecule has 1 N–H and O–H groups in total. The summed E-state index contributed by atoms with van der Waals surface area (Å²) in [6.45, 7) is 0. The second-order valence-electron chi connectivity index (χ2n) is 5.10. The lowest BCUT2D eigenvalue weighted by atomic mass is 9.98. The third-order valence-corrected chi connectivity index (χ3v) is 4.76. The van der Waals surface area contributed by atoms with E-state index in [1.807, 2.05) is 7.05 Å². The summed E-state index contributed by atoms with van der Waals surface area (Å²) in [5.74, 6) is -1.07. The number of nitrogens with zero attached hydrogens (tertiary/aromatic N) is 1. The third kappa shape index (κ3) is 2.74. The predicted octanol–water partition coefficient (Wildman–Crippen LogP) is 3.61. The molecule has 0 fully saturated rings. The van der Waals surface area contributed by atoms with Crippen LogP contribution in [0.1, 0.15) is 40.0 Å². The van der Waals surface area contributed by atoms with Crippen LogP contribution in [0.25, 0.3) is 0 Å². The summed E-state index contributed by atoms with van der Waals surface area (Å²) < 4.78 is 26.4. The molecule has 1 aromatic heterocycles. The summed E-state index contributed by atoms with van der Waals surface area (Å²) in [7, 11) is 1.95. The fourth-order valence-electron chi connectivity index (χ4n) is 2.71. The van der Waals surface area contributed by atoms with Crippen LogP contribution in [0.5, 0.6) is 0 Å². The molecule has 3 rings (SSSR count). The number of benzene rings is 1. The van der Waals surface area contributed by atoms with Gasteiger partial charge in [-0.1, -0.05) is 0 Å². The van der Waals surface area contributed by atoms with Crippen LogP contribution in [0.15, 0.2) is 18.2 Å². The van der Waals surface area contributed by atoms with E-state index in [0.29, 0.717) is 18.0 Å². The molecular formula is C15H16F2N2S. The van der Waals surface area contributed by atoms with E-state index in [2.05, 4.69) is 10.3 Å². The molecule has 0 radical (unpaired) electrons. The van der Waals surface area contributed by atoms with Crippen molar-refractivity contribution in [1.82, 2.24) is 10.3 Å². The molecule has 1 aliphatic carbocycles. The van der Waals surface area contributed by atoms with Gasteiger partial charge in [0.25, 0.3) is 0 Å². The summed E-state index contributed by atoms with van der Waals surface area (Å²) >= 11 is 1.66. The average Bonchev–Trinajstić information content (AvgIpc) is 2.79. The van der Waals surface area contributed by atoms with Gasteiger partial charge in [0.05, 0.1) is 16.7 Å². The first kappa shape index (κ1) is 13.6. The van der Waals surface area contributed by atoms with Crippen molar-refractivity contribution in [2.45, 2.75) is 31.7 Å². The Morgan fingerprint density at radius 1 is 1.30 bits per heavy atom. The molecule has 106 valence electrons. The zero-order valence-electron chi connectivity index (χ0n) is 11.2. The number of halogens is 2. The molecule has 0 saturated carbocycles. The van der Waals surface area contributed by atoms with E-state index >= 15 is 0 Å². The van der Waals surface area contributed by atoms with Gasteiger partial charge in [0, 0.05) is 17.4 Å². The molecule has 1 aromatic carbocycles. The van der Waals surface area contributed by atoms with Crippen LogP contribution in [0.2, 0.25) is 0 Å². The normalized spacial score (nSPS) is 18.1. The Morgan fingerprint density at radius 2 is 2.05 bits per heavy atom. The summed E-state index contributed by atoms with van der Waals surface area (Å²) in [6.07, 6.45) is 3.81. The molecule has 0 aliphatic heterocycles. The molecule has 0 amide bonds. The minimum absolute atomic E-state index is 0.313. The smallest absolute Gasteiger partial charge is 0.126 e. The average molecular weight is 294 g/mol. The van der Waals surface area contributed by atoms with Crippen LogP contribution in [0.3, 0.4) is 0 Å².